The first-order chi connectivity index (χ1) is 12.4. The fourth-order valence-corrected chi connectivity index (χ4v) is 4.89. The van der Waals surface area contributed by atoms with Crippen LogP contribution in [0.3, 0.4) is 0 Å². The Bertz CT molecular complexity index is 902. The largest absolute Gasteiger partial charge is 0.455 e. The maximum absolute atomic E-state index is 12.6. The maximum Gasteiger partial charge on any atom is 0.287 e. The maximum atomic E-state index is 12.6. The summed E-state index contributed by atoms with van der Waals surface area (Å²) in [5, 5.41) is 3.39. The van der Waals surface area contributed by atoms with Gasteiger partial charge in [-0.3, -0.25) is 4.79 Å². The normalized spacial score (nSPS) is 15.3. The predicted molar refractivity (Wildman–Crippen MR) is 98.9 cm³/mol. The molecular weight excluding hydrogens is 376 g/mol. The molecule has 140 valence electrons. The van der Waals surface area contributed by atoms with Crippen molar-refractivity contribution in [2.24, 2.45) is 0 Å². The molecule has 8 heteroatoms. The minimum Gasteiger partial charge on any atom is -0.455 e. The second kappa shape index (κ2) is 7.82. The van der Waals surface area contributed by atoms with Crippen LogP contribution in [0.4, 0.5) is 0 Å². The van der Waals surface area contributed by atoms with Crippen LogP contribution < -0.4 is 5.32 Å². The number of halogens is 1. The number of aryl methyl sites for hydroxylation is 1. The number of nitrogens with zero attached hydrogens (tertiary/aromatic N) is 1. The Morgan fingerprint density at radius 2 is 2.00 bits per heavy atom. The summed E-state index contributed by atoms with van der Waals surface area (Å²) in [6, 6.07) is 8.72. The first kappa shape index (κ1) is 18.9. The minimum absolute atomic E-state index is 0.00589. The molecule has 2 heterocycles. The molecule has 1 aromatic carbocycles. The molecule has 3 rings (SSSR count). The lowest BCUT2D eigenvalue weighted by Gasteiger charge is -2.14. The van der Waals surface area contributed by atoms with Crippen LogP contribution in [-0.4, -0.2) is 38.3 Å². The van der Waals surface area contributed by atoms with Gasteiger partial charge in [0.2, 0.25) is 10.0 Å². The van der Waals surface area contributed by atoms with Gasteiger partial charge >= 0.3 is 0 Å². The van der Waals surface area contributed by atoms with Crippen LogP contribution in [0.5, 0.6) is 0 Å². The first-order valence-electron chi connectivity index (χ1n) is 8.51. The van der Waals surface area contributed by atoms with Crippen molar-refractivity contribution in [2.75, 3.05) is 19.6 Å². The molecule has 1 N–H and O–H groups in total. The zero-order valence-corrected chi connectivity index (χ0v) is 16.1. The lowest BCUT2D eigenvalue weighted by Crippen LogP contribution is -2.28. The highest BCUT2D eigenvalue weighted by Gasteiger charge is 2.31. The molecule has 0 spiro atoms. The summed E-state index contributed by atoms with van der Waals surface area (Å²) in [5.74, 6) is -0.193. The Morgan fingerprint density at radius 3 is 2.69 bits per heavy atom. The molecule has 1 amide bonds. The van der Waals surface area contributed by atoms with Crippen molar-refractivity contribution in [3.63, 3.8) is 0 Å². The van der Waals surface area contributed by atoms with Gasteiger partial charge in [-0.1, -0.05) is 23.7 Å². The van der Waals surface area contributed by atoms with Crippen molar-refractivity contribution in [2.45, 2.75) is 31.1 Å². The lowest BCUT2D eigenvalue weighted by atomic mass is 10.1. The number of carbonyl (C=O) groups is 1. The van der Waals surface area contributed by atoms with Gasteiger partial charge in [0.25, 0.3) is 5.91 Å². The van der Waals surface area contributed by atoms with Gasteiger partial charge in [-0.2, -0.15) is 4.31 Å². The Morgan fingerprint density at radius 1 is 1.27 bits per heavy atom. The van der Waals surface area contributed by atoms with E-state index in [2.05, 4.69) is 5.32 Å². The van der Waals surface area contributed by atoms with Crippen LogP contribution in [0, 0.1) is 6.92 Å². The van der Waals surface area contributed by atoms with Crippen LogP contribution in [-0.2, 0) is 16.4 Å². The number of hydrogen-bond acceptors (Lipinski definition) is 4. The van der Waals surface area contributed by atoms with Gasteiger partial charge in [0, 0.05) is 30.7 Å². The highest BCUT2D eigenvalue weighted by Crippen LogP contribution is 2.26. The van der Waals surface area contributed by atoms with E-state index in [0.717, 1.165) is 18.4 Å². The number of carbonyl (C=O) groups excluding carboxylic acids is 1. The number of rotatable bonds is 6. The highest BCUT2D eigenvalue weighted by molar-refractivity contribution is 7.89. The number of hydrogen-bond donors (Lipinski definition) is 1. The lowest BCUT2D eigenvalue weighted by molar-refractivity contribution is 0.0925. The van der Waals surface area contributed by atoms with Crippen LogP contribution in [0.25, 0.3) is 0 Å². The van der Waals surface area contributed by atoms with Crippen LogP contribution in [0.1, 0.15) is 34.7 Å². The standard InChI is InChI=1S/C18H21ClN2O4S/c1-13-17(26(23,24)21-9-2-3-10-21)12-16(25-13)18(22)20-8-7-14-5-4-6-15(19)11-14/h4-6,11-12H,2-3,7-10H2,1H3,(H,20,22). The molecule has 0 atom stereocenters. The van der Waals surface area contributed by atoms with Gasteiger partial charge in [-0.15, -0.1) is 0 Å². The zero-order chi connectivity index (χ0) is 18.7. The van der Waals surface area contributed by atoms with E-state index < -0.39 is 15.9 Å². The Balaban J connectivity index is 1.65. The predicted octanol–water partition coefficient (Wildman–Crippen LogP) is 3.00. The first-order valence-corrected chi connectivity index (χ1v) is 10.3. The van der Waals surface area contributed by atoms with Crippen LogP contribution in [0.2, 0.25) is 5.02 Å². The summed E-state index contributed by atoms with van der Waals surface area (Å²) in [6.45, 7) is 2.97. The Hall–Kier alpha value is -1.83. The van der Waals surface area contributed by atoms with Crippen LogP contribution >= 0.6 is 11.6 Å². The molecule has 1 aliphatic heterocycles. The third-order valence-electron chi connectivity index (χ3n) is 4.37. The average molecular weight is 397 g/mol. The summed E-state index contributed by atoms with van der Waals surface area (Å²) in [6.07, 6.45) is 2.32. The monoisotopic (exact) mass is 396 g/mol. The number of nitrogens with one attached hydrogen (secondary N) is 1. The van der Waals surface area contributed by atoms with E-state index in [4.69, 9.17) is 16.0 Å². The average Bonchev–Trinajstić information content (AvgIpc) is 3.25. The number of benzene rings is 1. The topological polar surface area (TPSA) is 79.6 Å². The summed E-state index contributed by atoms with van der Waals surface area (Å²) in [5.41, 5.74) is 1.01. The van der Waals surface area contributed by atoms with Gasteiger partial charge in [-0.25, -0.2) is 8.42 Å². The van der Waals surface area contributed by atoms with Gasteiger partial charge in [-0.05, 0) is 43.9 Å². The quantitative estimate of drug-likeness (QED) is 0.813. The van der Waals surface area contributed by atoms with E-state index in [1.807, 2.05) is 18.2 Å². The molecule has 0 saturated carbocycles. The molecule has 2 aromatic rings. The fourth-order valence-electron chi connectivity index (χ4n) is 3.00. The second-order valence-electron chi connectivity index (χ2n) is 6.28. The van der Waals surface area contributed by atoms with E-state index in [1.54, 1.807) is 13.0 Å². The molecular formula is C18H21ClN2O4S. The Labute approximate surface area is 158 Å². The third kappa shape index (κ3) is 4.11. The van der Waals surface area contributed by atoms with E-state index in [0.29, 0.717) is 31.1 Å². The molecule has 26 heavy (non-hydrogen) atoms. The molecule has 0 bridgehead atoms. The number of amides is 1. The van der Waals surface area contributed by atoms with Crippen molar-refractivity contribution < 1.29 is 17.6 Å². The zero-order valence-electron chi connectivity index (χ0n) is 14.5. The highest BCUT2D eigenvalue weighted by atomic mass is 35.5. The molecule has 0 unspecified atom stereocenters. The van der Waals surface area contributed by atoms with Crippen molar-refractivity contribution in [3.05, 3.63) is 52.4 Å². The second-order valence-corrected chi connectivity index (χ2v) is 8.62. The van der Waals surface area contributed by atoms with Crippen molar-refractivity contribution in [1.29, 1.82) is 0 Å². The number of furan rings is 1. The summed E-state index contributed by atoms with van der Waals surface area (Å²) in [4.78, 5) is 12.3. The van der Waals surface area contributed by atoms with E-state index >= 15 is 0 Å². The van der Waals surface area contributed by atoms with Crippen molar-refractivity contribution >= 4 is 27.5 Å². The molecule has 1 aliphatic rings. The summed E-state index contributed by atoms with van der Waals surface area (Å²) < 4.78 is 32.1. The fraction of sp³-hybridized carbons (Fsp3) is 0.389. The van der Waals surface area contributed by atoms with Crippen molar-refractivity contribution in [1.82, 2.24) is 9.62 Å². The molecule has 1 fully saturated rings. The minimum atomic E-state index is -3.61. The molecule has 1 saturated heterocycles. The van der Waals surface area contributed by atoms with Crippen molar-refractivity contribution in [3.8, 4) is 0 Å². The van der Waals surface area contributed by atoms with Gasteiger partial charge in [0.1, 0.15) is 10.7 Å². The smallest absolute Gasteiger partial charge is 0.287 e. The van der Waals surface area contributed by atoms with Gasteiger partial charge in [0.05, 0.1) is 0 Å². The molecule has 0 radical (unpaired) electrons. The van der Waals surface area contributed by atoms with E-state index in [9.17, 15) is 13.2 Å². The summed E-state index contributed by atoms with van der Waals surface area (Å²) in [7, 11) is -3.61. The van der Waals surface area contributed by atoms with Gasteiger partial charge < -0.3 is 9.73 Å². The Kier molecular flexibility index (Phi) is 5.70. The molecule has 6 nitrogen and oxygen atoms in total. The van der Waals surface area contributed by atoms with E-state index in [1.165, 1.54) is 10.4 Å². The van der Waals surface area contributed by atoms with Gasteiger partial charge in [0.15, 0.2) is 5.76 Å². The molecule has 1 aromatic heterocycles. The number of sulfonamides is 1. The van der Waals surface area contributed by atoms with Crippen LogP contribution in [0.15, 0.2) is 39.6 Å². The summed E-state index contributed by atoms with van der Waals surface area (Å²) >= 11 is 5.94. The SMILES string of the molecule is Cc1oc(C(=O)NCCc2cccc(Cl)c2)cc1S(=O)(=O)N1CCCC1. The van der Waals surface area contributed by atoms with E-state index in [-0.39, 0.29) is 16.4 Å². The molecule has 0 aliphatic carbocycles. The third-order valence-corrected chi connectivity index (χ3v) is 6.61.